The van der Waals surface area contributed by atoms with Gasteiger partial charge in [-0.15, -0.1) is 0 Å². The Bertz CT molecular complexity index is 421. The number of ether oxygens (including phenoxy) is 1. The van der Waals surface area contributed by atoms with Crippen LogP contribution in [0.2, 0.25) is 0 Å². The van der Waals surface area contributed by atoms with E-state index in [-0.39, 0.29) is 5.75 Å². The van der Waals surface area contributed by atoms with Gasteiger partial charge in [-0.25, -0.2) is 14.4 Å². The molecular formula is C10H14O9S. The van der Waals surface area contributed by atoms with E-state index in [1.807, 2.05) is 0 Å². The number of hydrogen-bond donors (Lipinski definition) is 4. The van der Waals surface area contributed by atoms with Gasteiger partial charge in [0.1, 0.15) is 5.92 Å². The Balaban J connectivity index is 5.32. The number of carbonyl (C=O) groups is 4. The molecule has 0 spiro atoms. The molecule has 4 N–H and O–H groups in total. The third-order valence-corrected chi connectivity index (χ3v) is 3.11. The average Bonchev–Trinajstić information content (AvgIpc) is 2.35. The summed E-state index contributed by atoms with van der Waals surface area (Å²) in [5, 5.41) is 36.1. The van der Waals surface area contributed by atoms with Gasteiger partial charge in [0.2, 0.25) is 6.10 Å². The molecule has 9 nitrogen and oxygen atoms in total. The molecule has 10 heteroatoms. The van der Waals surface area contributed by atoms with Crippen LogP contribution in [0.3, 0.4) is 0 Å². The van der Waals surface area contributed by atoms with Crippen molar-refractivity contribution in [1.82, 2.24) is 0 Å². The summed E-state index contributed by atoms with van der Waals surface area (Å²) in [7, 11) is 0. The second kappa shape index (κ2) is 7.10. The van der Waals surface area contributed by atoms with E-state index in [4.69, 9.17) is 15.3 Å². The summed E-state index contributed by atoms with van der Waals surface area (Å²) in [6.07, 6.45) is -0.170. The van der Waals surface area contributed by atoms with Crippen LogP contribution in [0.15, 0.2) is 0 Å². The number of hydrogen-bond acceptors (Lipinski definition) is 7. The zero-order valence-electron chi connectivity index (χ0n) is 10.6. The number of aliphatic carboxylic acids is 3. The van der Waals surface area contributed by atoms with Crippen molar-refractivity contribution in [1.29, 1.82) is 0 Å². The van der Waals surface area contributed by atoms with Gasteiger partial charge in [0.05, 0.1) is 0 Å². The van der Waals surface area contributed by atoms with Gasteiger partial charge in [-0.3, -0.25) is 4.79 Å². The fourth-order valence-corrected chi connectivity index (χ4v) is 1.67. The highest BCUT2D eigenvalue weighted by molar-refractivity contribution is 7.98. The molecule has 0 saturated carbocycles. The molecule has 0 rings (SSSR count). The lowest BCUT2D eigenvalue weighted by Gasteiger charge is -2.26. The molecule has 20 heavy (non-hydrogen) atoms. The van der Waals surface area contributed by atoms with Crippen LogP contribution in [0, 0.1) is 5.92 Å². The Kier molecular flexibility index (Phi) is 6.46. The number of rotatable bonds is 8. The lowest BCUT2D eigenvalue weighted by atomic mass is 9.89. The summed E-state index contributed by atoms with van der Waals surface area (Å²) in [6, 6.07) is 0. The van der Waals surface area contributed by atoms with E-state index >= 15 is 0 Å². The SMILES string of the molecule is CSCC(OC(=O)C(O)(C(=O)O)C(C)C(=O)O)C(=O)O. The van der Waals surface area contributed by atoms with Gasteiger partial charge in [0.25, 0.3) is 5.60 Å². The summed E-state index contributed by atoms with van der Waals surface area (Å²) in [5.74, 6) is -9.45. The summed E-state index contributed by atoms with van der Waals surface area (Å²) < 4.78 is 4.40. The Morgan fingerprint density at radius 1 is 1.15 bits per heavy atom. The largest absolute Gasteiger partial charge is 0.481 e. The van der Waals surface area contributed by atoms with Crippen LogP contribution in [-0.4, -0.2) is 68.0 Å². The van der Waals surface area contributed by atoms with Crippen LogP contribution in [0.5, 0.6) is 0 Å². The van der Waals surface area contributed by atoms with Crippen molar-refractivity contribution in [2.45, 2.75) is 18.6 Å². The molecule has 0 aliphatic heterocycles. The van der Waals surface area contributed by atoms with Crippen molar-refractivity contribution >= 4 is 35.6 Å². The Labute approximate surface area is 117 Å². The average molecular weight is 310 g/mol. The van der Waals surface area contributed by atoms with Gasteiger partial charge in [-0.05, 0) is 13.2 Å². The smallest absolute Gasteiger partial charge is 0.351 e. The molecule has 0 aliphatic carbocycles. The van der Waals surface area contributed by atoms with Crippen LogP contribution in [0.1, 0.15) is 6.92 Å². The van der Waals surface area contributed by atoms with E-state index in [1.165, 1.54) is 6.26 Å². The van der Waals surface area contributed by atoms with Gasteiger partial charge in [0.15, 0.2) is 0 Å². The maximum Gasteiger partial charge on any atom is 0.351 e. The third-order valence-electron chi connectivity index (χ3n) is 2.48. The van der Waals surface area contributed by atoms with Crippen molar-refractivity contribution < 1.29 is 44.3 Å². The first-order valence-corrected chi connectivity index (χ1v) is 6.59. The molecule has 0 heterocycles. The first-order valence-electron chi connectivity index (χ1n) is 5.20. The van der Waals surface area contributed by atoms with Crippen LogP contribution < -0.4 is 0 Å². The first kappa shape index (κ1) is 18.2. The molecule has 0 fully saturated rings. The lowest BCUT2D eigenvalue weighted by Crippen LogP contribution is -2.56. The van der Waals surface area contributed by atoms with E-state index in [9.17, 15) is 24.3 Å². The number of aliphatic hydroxyl groups is 1. The molecule has 0 aliphatic rings. The predicted molar refractivity (Wildman–Crippen MR) is 65.3 cm³/mol. The second-order valence-electron chi connectivity index (χ2n) is 3.82. The normalized spacial score (nSPS) is 16.6. The molecular weight excluding hydrogens is 296 g/mol. The van der Waals surface area contributed by atoms with Crippen LogP contribution >= 0.6 is 11.8 Å². The number of carbonyl (C=O) groups excluding carboxylic acids is 1. The van der Waals surface area contributed by atoms with Gasteiger partial charge >= 0.3 is 23.9 Å². The maximum atomic E-state index is 11.7. The lowest BCUT2D eigenvalue weighted by molar-refractivity contribution is -0.195. The van der Waals surface area contributed by atoms with Crippen LogP contribution in [0.4, 0.5) is 0 Å². The van der Waals surface area contributed by atoms with Crippen molar-refractivity contribution in [3.63, 3.8) is 0 Å². The van der Waals surface area contributed by atoms with Crippen molar-refractivity contribution in [3.8, 4) is 0 Å². The monoisotopic (exact) mass is 310 g/mol. The molecule has 0 aromatic heterocycles. The summed E-state index contributed by atoms with van der Waals surface area (Å²) in [4.78, 5) is 44.1. The molecule has 0 amide bonds. The molecule has 0 radical (unpaired) electrons. The summed E-state index contributed by atoms with van der Waals surface area (Å²) in [5.41, 5.74) is -3.36. The third kappa shape index (κ3) is 3.84. The number of carboxylic acids is 3. The Morgan fingerprint density at radius 3 is 1.95 bits per heavy atom. The van der Waals surface area contributed by atoms with Gasteiger partial charge in [-0.1, -0.05) is 0 Å². The quantitative estimate of drug-likeness (QED) is 0.319. The second-order valence-corrected chi connectivity index (χ2v) is 4.73. The molecule has 0 aromatic rings. The van der Waals surface area contributed by atoms with E-state index in [2.05, 4.69) is 4.74 Å². The summed E-state index contributed by atoms with van der Waals surface area (Å²) >= 11 is 1.01. The number of thioether (sulfide) groups is 1. The predicted octanol–water partition coefficient (Wildman–Crippen LogP) is -1.12. The first-order chi connectivity index (χ1) is 9.08. The molecule has 114 valence electrons. The van der Waals surface area contributed by atoms with E-state index in [0.29, 0.717) is 0 Å². The fourth-order valence-electron chi connectivity index (χ4n) is 1.15. The number of carboxylic acid groups (broad SMARTS) is 3. The summed E-state index contributed by atoms with van der Waals surface area (Å²) in [6.45, 7) is 0.794. The van der Waals surface area contributed by atoms with E-state index in [1.54, 1.807) is 0 Å². The van der Waals surface area contributed by atoms with Crippen molar-refractivity contribution in [2.24, 2.45) is 5.92 Å². The molecule has 0 aromatic carbocycles. The molecule has 0 saturated heterocycles. The Hall–Kier alpha value is -1.81. The zero-order chi connectivity index (χ0) is 16.1. The highest BCUT2D eigenvalue weighted by Gasteiger charge is 2.55. The maximum absolute atomic E-state index is 11.7. The zero-order valence-corrected chi connectivity index (χ0v) is 11.4. The molecule has 3 atom stereocenters. The van der Waals surface area contributed by atoms with E-state index in [0.717, 1.165) is 18.7 Å². The minimum absolute atomic E-state index is 0.182. The topological polar surface area (TPSA) is 158 Å². The van der Waals surface area contributed by atoms with Crippen molar-refractivity contribution in [2.75, 3.05) is 12.0 Å². The van der Waals surface area contributed by atoms with Crippen LogP contribution in [-0.2, 0) is 23.9 Å². The van der Waals surface area contributed by atoms with Crippen LogP contribution in [0.25, 0.3) is 0 Å². The fraction of sp³-hybridized carbons (Fsp3) is 0.600. The molecule has 3 unspecified atom stereocenters. The van der Waals surface area contributed by atoms with Gasteiger partial charge in [-0.2, -0.15) is 11.8 Å². The highest BCUT2D eigenvalue weighted by Crippen LogP contribution is 2.21. The minimum atomic E-state index is -3.36. The minimum Gasteiger partial charge on any atom is -0.481 e. The standard InChI is InChI=1S/C10H14O9S/c1-4(6(11)12)10(18,8(15)16)9(17)19-5(3-20-2)7(13)14/h4-5,18H,3H2,1-2H3,(H,11,12)(H,13,14)(H,15,16). The Morgan fingerprint density at radius 2 is 1.65 bits per heavy atom. The highest BCUT2D eigenvalue weighted by atomic mass is 32.2. The van der Waals surface area contributed by atoms with Gasteiger partial charge < -0.3 is 25.2 Å². The molecule has 0 bridgehead atoms. The number of esters is 1. The van der Waals surface area contributed by atoms with Crippen molar-refractivity contribution in [3.05, 3.63) is 0 Å². The van der Waals surface area contributed by atoms with Gasteiger partial charge in [0, 0.05) is 5.75 Å². The van der Waals surface area contributed by atoms with E-state index < -0.39 is 41.5 Å².